The van der Waals surface area contributed by atoms with Gasteiger partial charge in [-0.05, 0) is 24.3 Å². The number of hydrogen-bond acceptors (Lipinski definition) is 6. The molecule has 1 aromatic carbocycles. The first-order valence-corrected chi connectivity index (χ1v) is 6.93. The molecular formula is C14H20N4O2. The minimum atomic E-state index is 0.176. The molecule has 3 N–H and O–H groups in total. The topological polar surface area (TPSA) is 74.3 Å². The van der Waals surface area contributed by atoms with E-state index in [2.05, 4.69) is 14.8 Å². The molecule has 0 amide bonds. The summed E-state index contributed by atoms with van der Waals surface area (Å²) in [6, 6.07) is 7.87. The van der Waals surface area contributed by atoms with Gasteiger partial charge in [-0.25, -0.2) is 4.99 Å². The number of phenolic OH excluding ortho intramolecular Hbond substituents is 1. The quantitative estimate of drug-likeness (QED) is 0.826. The summed E-state index contributed by atoms with van der Waals surface area (Å²) in [5, 5.41) is 9.32. The summed E-state index contributed by atoms with van der Waals surface area (Å²) < 4.78 is 5.18. The highest BCUT2D eigenvalue weighted by molar-refractivity contribution is 5.73. The van der Waals surface area contributed by atoms with Crippen molar-refractivity contribution in [1.29, 1.82) is 0 Å². The number of ether oxygens (including phenoxy) is 1. The van der Waals surface area contributed by atoms with Crippen LogP contribution in [0, 0.1) is 0 Å². The van der Waals surface area contributed by atoms with Crippen LogP contribution in [0.1, 0.15) is 0 Å². The van der Waals surface area contributed by atoms with Gasteiger partial charge in [0, 0.05) is 38.4 Å². The van der Waals surface area contributed by atoms with Crippen LogP contribution < -0.4 is 10.6 Å². The molecule has 0 aromatic heterocycles. The van der Waals surface area contributed by atoms with Crippen LogP contribution in [0.15, 0.2) is 29.3 Å². The summed E-state index contributed by atoms with van der Waals surface area (Å²) in [4.78, 5) is 8.99. The predicted molar refractivity (Wildman–Crippen MR) is 78.1 cm³/mol. The van der Waals surface area contributed by atoms with E-state index in [1.807, 2.05) is 12.1 Å². The Balaban J connectivity index is 1.50. The number of phenols is 1. The van der Waals surface area contributed by atoms with Crippen molar-refractivity contribution in [2.24, 2.45) is 10.7 Å². The van der Waals surface area contributed by atoms with Gasteiger partial charge in [-0.1, -0.05) is 0 Å². The number of nitrogens with zero attached hydrogens (tertiary/aromatic N) is 3. The minimum Gasteiger partial charge on any atom is -0.508 e. The first-order valence-electron chi connectivity index (χ1n) is 6.93. The van der Waals surface area contributed by atoms with Gasteiger partial charge in [-0.15, -0.1) is 0 Å². The fourth-order valence-electron chi connectivity index (χ4n) is 2.68. The Labute approximate surface area is 118 Å². The summed E-state index contributed by atoms with van der Waals surface area (Å²) in [5.41, 5.74) is 6.68. The molecule has 6 nitrogen and oxygen atoms in total. The lowest BCUT2D eigenvalue weighted by molar-refractivity contribution is 0.219. The molecule has 108 valence electrons. The maximum atomic E-state index is 9.32. The Morgan fingerprint density at radius 2 is 1.90 bits per heavy atom. The fraction of sp³-hybridized carbons (Fsp3) is 0.500. The van der Waals surface area contributed by atoms with Gasteiger partial charge in [-0.2, -0.15) is 0 Å². The third kappa shape index (κ3) is 2.96. The summed E-state index contributed by atoms with van der Waals surface area (Å²) in [6.45, 7) is 5.49. The molecule has 1 unspecified atom stereocenters. The van der Waals surface area contributed by atoms with Crippen LogP contribution in [0.4, 0.5) is 5.69 Å². The number of benzene rings is 1. The van der Waals surface area contributed by atoms with Gasteiger partial charge in [0.25, 0.3) is 6.02 Å². The number of hydrogen-bond donors (Lipinski definition) is 2. The van der Waals surface area contributed by atoms with Crippen LogP contribution in [-0.2, 0) is 4.74 Å². The molecule has 0 saturated carbocycles. The zero-order chi connectivity index (χ0) is 13.9. The van der Waals surface area contributed by atoms with Crippen molar-refractivity contribution >= 4 is 11.7 Å². The van der Waals surface area contributed by atoms with Crippen molar-refractivity contribution in [3.8, 4) is 5.75 Å². The number of amidine groups is 1. The minimum absolute atomic E-state index is 0.176. The first-order chi connectivity index (χ1) is 9.70. The van der Waals surface area contributed by atoms with Gasteiger partial charge < -0.3 is 20.5 Å². The smallest absolute Gasteiger partial charge is 0.282 e. The van der Waals surface area contributed by atoms with Crippen LogP contribution in [0.2, 0.25) is 0 Å². The Hall–Kier alpha value is -1.95. The Kier molecular flexibility index (Phi) is 3.64. The van der Waals surface area contributed by atoms with Crippen molar-refractivity contribution in [2.75, 3.05) is 44.2 Å². The molecule has 3 rings (SSSR count). The van der Waals surface area contributed by atoms with Gasteiger partial charge in [0.05, 0.1) is 0 Å². The van der Waals surface area contributed by atoms with Crippen LogP contribution in [0.25, 0.3) is 0 Å². The van der Waals surface area contributed by atoms with E-state index in [0.29, 0.717) is 18.4 Å². The van der Waals surface area contributed by atoms with Crippen LogP contribution in [-0.4, -0.2) is 61.4 Å². The van der Waals surface area contributed by atoms with Crippen molar-refractivity contribution < 1.29 is 9.84 Å². The molecular weight excluding hydrogens is 256 g/mol. The van der Waals surface area contributed by atoms with Crippen LogP contribution in [0.5, 0.6) is 5.75 Å². The van der Waals surface area contributed by atoms with Crippen molar-refractivity contribution in [1.82, 2.24) is 4.90 Å². The van der Waals surface area contributed by atoms with Crippen molar-refractivity contribution in [2.45, 2.75) is 6.04 Å². The molecule has 1 aromatic rings. The van der Waals surface area contributed by atoms with E-state index in [-0.39, 0.29) is 6.04 Å². The number of rotatable bonds is 3. The normalized spacial score (nSPS) is 23.5. The van der Waals surface area contributed by atoms with Gasteiger partial charge in [-0.3, -0.25) is 4.90 Å². The molecule has 2 aliphatic rings. The standard InChI is InChI=1S/C14H20N4O2/c15-14-16-11(10-20-14)9-17-5-7-18(8-6-17)12-1-3-13(19)4-2-12/h1-4,11,19H,5-10H2,(H2,15,16). The second-order valence-electron chi connectivity index (χ2n) is 5.24. The SMILES string of the molecule is NC1=NC(CN2CCN(c3ccc(O)cc3)CC2)CO1. The number of nitrogens with two attached hydrogens (primary N) is 1. The zero-order valence-electron chi connectivity index (χ0n) is 11.4. The molecule has 1 fully saturated rings. The zero-order valence-corrected chi connectivity index (χ0v) is 11.4. The van der Waals surface area contributed by atoms with E-state index in [4.69, 9.17) is 10.5 Å². The highest BCUT2D eigenvalue weighted by Crippen LogP contribution is 2.20. The second-order valence-corrected chi connectivity index (χ2v) is 5.24. The molecule has 1 saturated heterocycles. The summed E-state index contributed by atoms with van der Waals surface area (Å²) in [5.74, 6) is 0.309. The molecule has 2 aliphatic heterocycles. The lowest BCUT2D eigenvalue weighted by Crippen LogP contribution is -2.48. The molecule has 0 bridgehead atoms. The molecule has 0 aliphatic carbocycles. The van der Waals surface area contributed by atoms with E-state index in [1.54, 1.807) is 12.1 Å². The number of aromatic hydroxyl groups is 1. The average molecular weight is 276 g/mol. The summed E-state index contributed by atoms with van der Waals surface area (Å²) in [7, 11) is 0. The summed E-state index contributed by atoms with van der Waals surface area (Å²) in [6.07, 6.45) is 0. The van der Waals surface area contributed by atoms with Gasteiger partial charge in [0.1, 0.15) is 18.4 Å². The largest absolute Gasteiger partial charge is 0.508 e. The maximum absolute atomic E-state index is 9.32. The molecule has 6 heteroatoms. The van der Waals surface area contributed by atoms with Crippen molar-refractivity contribution in [3.05, 3.63) is 24.3 Å². The first kappa shape index (κ1) is 13.1. The predicted octanol–water partition coefficient (Wildman–Crippen LogP) is 0.228. The fourth-order valence-corrected chi connectivity index (χ4v) is 2.68. The monoisotopic (exact) mass is 276 g/mol. The number of anilines is 1. The highest BCUT2D eigenvalue weighted by Gasteiger charge is 2.23. The number of piperazine rings is 1. The molecule has 0 radical (unpaired) electrons. The molecule has 0 spiro atoms. The number of aliphatic imine (C=N–C) groups is 1. The van der Waals surface area contributed by atoms with E-state index >= 15 is 0 Å². The second kappa shape index (κ2) is 5.58. The van der Waals surface area contributed by atoms with E-state index in [9.17, 15) is 5.11 Å². The van der Waals surface area contributed by atoms with Gasteiger partial charge >= 0.3 is 0 Å². The van der Waals surface area contributed by atoms with Gasteiger partial charge in [0.15, 0.2) is 0 Å². The third-order valence-electron chi connectivity index (χ3n) is 3.79. The van der Waals surface area contributed by atoms with E-state index in [1.165, 1.54) is 0 Å². The van der Waals surface area contributed by atoms with Gasteiger partial charge in [0.2, 0.25) is 0 Å². The van der Waals surface area contributed by atoms with Crippen LogP contribution >= 0.6 is 0 Å². The lowest BCUT2D eigenvalue weighted by Gasteiger charge is -2.36. The Bertz CT molecular complexity index is 480. The third-order valence-corrected chi connectivity index (χ3v) is 3.79. The van der Waals surface area contributed by atoms with Crippen LogP contribution in [0.3, 0.4) is 0 Å². The van der Waals surface area contributed by atoms with Crippen molar-refractivity contribution in [3.63, 3.8) is 0 Å². The van der Waals surface area contributed by atoms with E-state index in [0.717, 1.165) is 38.4 Å². The van der Waals surface area contributed by atoms with E-state index < -0.39 is 0 Å². The molecule has 2 heterocycles. The maximum Gasteiger partial charge on any atom is 0.282 e. The highest BCUT2D eigenvalue weighted by atomic mass is 16.5. The Morgan fingerprint density at radius 1 is 1.20 bits per heavy atom. The lowest BCUT2D eigenvalue weighted by atomic mass is 10.2. The summed E-state index contributed by atoms with van der Waals surface area (Å²) >= 11 is 0. The molecule has 20 heavy (non-hydrogen) atoms. The average Bonchev–Trinajstić information content (AvgIpc) is 2.86. The Morgan fingerprint density at radius 3 is 2.50 bits per heavy atom. The molecule has 1 atom stereocenters.